The molecule has 0 atom stereocenters. The normalized spacial score (nSPS) is 12.4. The van der Waals surface area contributed by atoms with Crippen molar-refractivity contribution in [3.63, 3.8) is 0 Å². The molecular formula is C26H25N3O5. The number of para-hydroxylation sites is 2. The number of methoxy groups -OCH3 is 2. The molecule has 8 heteroatoms. The van der Waals surface area contributed by atoms with Crippen LogP contribution in [0.3, 0.4) is 0 Å². The average molecular weight is 460 g/mol. The molecule has 0 fully saturated rings. The molecule has 3 amide bonds. The van der Waals surface area contributed by atoms with Crippen LogP contribution in [0.1, 0.15) is 22.3 Å². The molecule has 0 saturated heterocycles. The van der Waals surface area contributed by atoms with Gasteiger partial charge in [-0.15, -0.1) is 0 Å². The molecule has 0 aliphatic carbocycles. The summed E-state index contributed by atoms with van der Waals surface area (Å²) in [6, 6.07) is 19.4. The first kappa shape index (κ1) is 22.8. The van der Waals surface area contributed by atoms with Gasteiger partial charge in [0.25, 0.3) is 5.91 Å². The molecule has 34 heavy (non-hydrogen) atoms. The highest BCUT2D eigenvalue weighted by molar-refractivity contribution is 6.15. The van der Waals surface area contributed by atoms with Crippen molar-refractivity contribution < 1.29 is 23.9 Å². The van der Waals surface area contributed by atoms with Crippen molar-refractivity contribution in [2.24, 2.45) is 0 Å². The van der Waals surface area contributed by atoms with Gasteiger partial charge in [0.15, 0.2) is 11.5 Å². The van der Waals surface area contributed by atoms with Gasteiger partial charge in [0.05, 0.1) is 25.6 Å². The second-order valence-corrected chi connectivity index (χ2v) is 7.77. The minimum Gasteiger partial charge on any atom is -0.493 e. The predicted octanol–water partition coefficient (Wildman–Crippen LogP) is 3.87. The Morgan fingerprint density at radius 3 is 2.44 bits per heavy atom. The van der Waals surface area contributed by atoms with Gasteiger partial charge in [-0.1, -0.05) is 18.2 Å². The lowest BCUT2D eigenvalue weighted by molar-refractivity contribution is -0.116. The van der Waals surface area contributed by atoms with E-state index in [0.717, 1.165) is 5.56 Å². The minimum absolute atomic E-state index is 0.0511. The van der Waals surface area contributed by atoms with Crippen molar-refractivity contribution in [1.29, 1.82) is 0 Å². The number of hydrogen-bond acceptors (Lipinski definition) is 5. The molecule has 1 heterocycles. The largest absolute Gasteiger partial charge is 0.493 e. The number of nitrogens with one attached hydrogen (secondary N) is 2. The van der Waals surface area contributed by atoms with Crippen molar-refractivity contribution >= 4 is 34.8 Å². The Labute approximate surface area is 197 Å². The zero-order valence-corrected chi connectivity index (χ0v) is 19.0. The van der Waals surface area contributed by atoms with Crippen LogP contribution in [0.15, 0.2) is 66.7 Å². The van der Waals surface area contributed by atoms with Gasteiger partial charge < -0.3 is 20.1 Å². The molecule has 0 radical (unpaired) electrons. The fourth-order valence-electron chi connectivity index (χ4n) is 3.78. The maximum Gasteiger partial charge on any atom is 0.258 e. The van der Waals surface area contributed by atoms with E-state index >= 15 is 0 Å². The van der Waals surface area contributed by atoms with E-state index in [4.69, 9.17) is 9.47 Å². The van der Waals surface area contributed by atoms with E-state index < -0.39 is 0 Å². The molecule has 174 valence electrons. The summed E-state index contributed by atoms with van der Waals surface area (Å²) in [4.78, 5) is 38.9. The van der Waals surface area contributed by atoms with Gasteiger partial charge >= 0.3 is 0 Å². The van der Waals surface area contributed by atoms with Crippen LogP contribution in [-0.2, 0) is 16.0 Å². The van der Waals surface area contributed by atoms with E-state index in [9.17, 15) is 14.4 Å². The molecule has 3 aromatic rings. The molecule has 3 aromatic carbocycles. The van der Waals surface area contributed by atoms with E-state index in [2.05, 4.69) is 10.6 Å². The highest BCUT2D eigenvalue weighted by Crippen LogP contribution is 2.30. The Hall–Kier alpha value is -4.33. The van der Waals surface area contributed by atoms with Gasteiger partial charge in [0.1, 0.15) is 6.54 Å². The zero-order chi connectivity index (χ0) is 24.1. The number of fused-ring (bicyclic) bond motifs is 1. The maximum atomic E-state index is 13.0. The number of anilines is 3. The standard InChI is InChI=1S/C26H25N3O5/c1-33-22-13-7-17(15-23(22)34-2)8-14-24(30)27-19-11-9-18(10-12-19)26(32)29-16-25(31)28-20-5-3-4-6-21(20)29/h3-7,9-13,15H,8,14,16H2,1-2H3,(H,27,30)(H,28,31). The summed E-state index contributed by atoms with van der Waals surface area (Å²) in [7, 11) is 3.15. The lowest BCUT2D eigenvalue weighted by Crippen LogP contribution is -2.42. The third kappa shape index (κ3) is 5.01. The van der Waals surface area contributed by atoms with Crippen LogP contribution in [0.25, 0.3) is 0 Å². The number of hydrogen-bond donors (Lipinski definition) is 2. The molecule has 2 N–H and O–H groups in total. The summed E-state index contributed by atoms with van der Waals surface area (Å²) in [5.74, 6) is 0.586. The molecule has 0 aromatic heterocycles. The van der Waals surface area contributed by atoms with Gasteiger partial charge in [0, 0.05) is 17.7 Å². The van der Waals surface area contributed by atoms with Crippen molar-refractivity contribution in [2.75, 3.05) is 36.3 Å². The summed E-state index contributed by atoms with van der Waals surface area (Å²) >= 11 is 0. The van der Waals surface area contributed by atoms with Crippen molar-refractivity contribution in [3.8, 4) is 11.5 Å². The highest BCUT2D eigenvalue weighted by Gasteiger charge is 2.27. The number of amides is 3. The van der Waals surface area contributed by atoms with Gasteiger partial charge in [-0.3, -0.25) is 19.3 Å². The van der Waals surface area contributed by atoms with Crippen molar-refractivity contribution in [1.82, 2.24) is 0 Å². The molecule has 0 unspecified atom stereocenters. The quantitative estimate of drug-likeness (QED) is 0.559. The SMILES string of the molecule is COc1ccc(CCC(=O)Nc2ccc(C(=O)N3CC(=O)Nc4ccccc43)cc2)cc1OC. The van der Waals surface area contributed by atoms with Crippen molar-refractivity contribution in [3.05, 3.63) is 77.9 Å². The fourth-order valence-corrected chi connectivity index (χ4v) is 3.78. The lowest BCUT2D eigenvalue weighted by Gasteiger charge is -2.29. The van der Waals surface area contributed by atoms with E-state index in [1.165, 1.54) is 4.90 Å². The predicted molar refractivity (Wildman–Crippen MR) is 130 cm³/mol. The number of ether oxygens (including phenoxy) is 2. The molecule has 4 rings (SSSR count). The van der Waals surface area contributed by atoms with Crippen molar-refractivity contribution in [2.45, 2.75) is 12.8 Å². The number of benzene rings is 3. The smallest absolute Gasteiger partial charge is 0.258 e. The third-order valence-corrected chi connectivity index (χ3v) is 5.52. The van der Waals surface area contributed by atoms with E-state index in [-0.39, 0.29) is 30.7 Å². The van der Waals surface area contributed by atoms with Crippen LogP contribution in [0.2, 0.25) is 0 Å². The Balaban J connectivity index is 1.37. The average Bonchev–Trinajstić information content (AvgIpc) is 2.86. The summed E-state index contributed by atoms with van der Waals surface area (Å²) < 4.78 is 10.5. The Bertz CT molecular complexity index is 1220. The lowest BCUT2D eigenvalue weighted by atomic mass is 10.1. The van der Waals surface area contributed by atoms with Crippen LogP contribution in [0.5, 0.6) is 11.5 Å². The van der Waals surface area contributed by atoms with E-state index in [0.29, 0.717) is 40.5 Å². The van der Waals surface area contributed by atoms with E-state index in [1.807, 2.05) is 24.3 Å². The topological polar surface area (TPSA) is 97.0 Å². The molecule has 8 nitrogen and oxygen atoms in total. The molecular weight excluding hydrogens is 434 g/mol. The number of aryl methyl sites for hydroxylation is 1. The molecule has 0 spiro atoms. The van der Waals surface area contributed by atoms with Crippen LogP contribution in [0.4, 0.5) is 17.1 Å². The number of nitrogens with zero attached hydrogens (tertiary/aromatic N) is 1. The monoisotopic (exact) mass is 459 g/mol. The first-order valence-electron chi connectivity index (χ1n) is 10.8. The molecule has 0 bridgehead atoms. The molecule has 0 saturated carbocycles. The third-order valence-electron chi connectivity index (χ3n) is 5.52. The second-order valence-electron chi connectivity index (χ2n) is 7.77. The van der Waals surface area contributed by atoms with Crippen LogP contribution in [-0.4, -0.2) is 38.5 Å². The first-order valence-corrected chi connectivity index (χ1v) is 10.8. The maximum absolute atomic E-state index is 13.0. The first-order chi connectivity index (χ1) is 16.5. The van der Waals surface area contributed by atoms with Gasteiger partial charge in [0.2, 0.25) is 11.8 Å². The van der Waals surface area contributed by atoms with Gasteiger partial charge in [-0.05, 0) is 60.5 Å². The molecule has 1 aliphatic heterocycles. The highest BCUT2D eigenvalue weighted by atomic mass is 16.5. The Kier molecular flexibility index (Phi) is 6.77. The fraction of sp³-hybridized carbons (Fsp3) is 0.192. The summed E-state index contributed by atoms with van der Waals surface area (Å²) in [5, 5.41) is 5.62. The second kappa shape index (κ2) is 10.1. The summed E-state index contributed by atoms with van der Waals surface area (Å²) in [6.45, 7) is -0.0511. The van der Waals surface area contributed by atoms with Gasteiger partial charge in [-0.2, -0.15) is 0 Å². The van der Waals surface area contributed by atoms with Crippen LogP contribution >= 0.6 is 0 Å². The number of carbonyl (C=O) groups excluding carboxylic acids is 3. The Morgan fingerprint density at radius 2 is 1.71 bits per heavy atom. The van der Waals surface area contributed by atoms with Gasteiger partial charge in [-0.25, -0.2) is 0 Å². The number of rotatable bonds is 7. The van der Waals surface area contributed by atoms with E-state index in [1.54, 1.807) is 56.7 Å². The van der Waals surface area contributed by atoms with Crippen LogP contribution in [0, 0.1) is 0 Å². The minimum atomic E-state index is -0.284. The van der Waals surface area contributed by atoms with Crippen LogP contribution < -0.4 is 25.0 Å². The summed E-state index contributed by atoms with van der Waals surface area (Å²) in [5.41, 5.74) is 3.23. The number of carbonyl (C=O) groups is 3. The summed E-state index contributed by atoms with van der Waals surface area (Å²) in [6.07, 6.45) is 0.828. The Morgan fingerprint density at radius 1 is 0.971 bits per heavy atom. The zero-order valence-electron chi connectivity index (χ0n) is 19.0. The molecule has 1 aliphatic rings.